The van der Waals surface area contributed by atoms with E-state index in [0.717, 1.165) is 60.4 Å². The summed E-state index contributed by atoms with van der Waals surface area (Å²) in [4.78, 5) is 25.1. The number of halogens is 4. The summed E-state index contributed by atoms with van der Waals surface area (Å²) in [6.45, 7) is 1.60. The van der Waals surface area contributed by atoms with Crippen molar-refractivity contribution in [1.29, 1.82) is 0 Å². The summed E-state index contributed by atoms with van der Waals surface area (Å²) in [7, 11) is 1.63. The zero-order valence-corrected chi connectivity index (χ0v) is 22.1. The molecule has 3 unspecified atom stereocenters. The van der Waals surface area contributed by atoms with Gasteiger partial charge in [0.05, 0.1) is 30.6 Å². The van der Waals surface area contributed by atoms with Gasteiger partial charge in [-0.15, -0.1) is 0 Å². The van der Waals surface area contributed by atoms with Crippen molar-refractivity contribution in [2.24, 2.45) is 11.8 Å². The molecule has 0 spiro atoms. The highest BCUT2D eigenvalue weighted by Crippen LogP contribution is 2.44. The monoisotopic (exact) mass is 541 g/mol. The van der Waals surface area contributed by atoms with Crippen molar-refractivity contribution in [3.8, 4) is 17.0 Å². The lowest BCUT2D eigenvalue weighted by atomic mass is 9.84. The van der Waals surface area contributed by atoms with Crippen LogP contribution in [0.3, 0.4) is 0 Å². The molecule has 1 saturated carbocycles. The van der Waals surface area contributed by atoms with Gasteiger partial charge < -0.3 is 4.74 Å². The maximum absolute atomic E-state index is 15.0. The Morgan fingerprint density at radius 3 is 2.59 bits per heavy atom. The highest BCUT2D eigenvalue weighted by atomic mass is 19.2. The number of hydrogen-bond donors (Lipinski definition) is 0. The Hall–Kier alpha value is -3.23. The number of rotatable bonds is 4. The van der Waals surface area contributed by atoms with E-state index >= 15 is 0 Å². The Balaban J connectivity index is 1.43. The molecule has 0 saturated heterocycles. The fourth-order valence-corrected chi connectivity index (χ4v) is 6.63. The Morgan fingerprint density at radius 1 is 1.08 bits per heavy atom. The minimum absolute atomic E-state index is 0.0153. The number of allylic oxidation sites excluding steroid dienone is 2. The van der Waals surface area contributed by atoms with Gasteiger partial charge in [0.25, 0.3) is 0 Å². The van der Waals surface area contributed by atoms with E-state index in [2.05, 4.69) is 0 Å². The minimum Gasteiger partial charge on any atom is -0.497 e. The molecule has 206 valence electrons. The van der Waals surface area contributed by atoms with E-state index in [1.165, 1.54) is 4.90 Å². The second kappa shape index (κ2) is 10.1. The normalized spacial score (nSPS) is 25.4. The number of ether oxygens (including phenoxy) is 1. The molecule has 0 N–H and O–H groups in total. The third-order valence-electron chi connectivity index (χ3n) is 8.67. The quantitative estimate of drug-likeness (QED) is 0.415. The van der Waals surface area contributed by atoms with Gasteiger partial charge in [0, 0.05) is 17.7 Å². The number of fused-ring (bicyclic) bond motifs is 3. The topological polar surface area (TPSA) is 55.3 Å². The SMILES string of the molecule is COc1ccc2c(c1)CCc1nc(N3CC(C)C4=C(CC3=O)C(F)=C(F)C(F)C4F)c(CC3CCCC3)nc1-2. The zero-order valence-electron chi connectivity index (χ0n) is 22.1. The van der Waals surface area contributed by atoms with Crippen LogP contribution in [0, 0.1) is 11.8 Å². The third kappa shape index (κ3) is 4.43. The molecule has 5 nitrogen and oxygen atoms in total. The van der Waals surface area contributed by atoms with Crippen LogP contribution in [0.4, 0.5) is 23.4 Å². The van der Waals surface area contributed by atoms with Crippen LogP contribution < -0.4 is 9.64 Å². The van der Waals surface area contributed by atoms with Crippen molar-refractivity contribution in [3.63, 3.8) is 0 Å². The molecule has 2 aromatic rings. The molecular weight excluding hydrogens is 510 g/mol. The number of hydrogen-bond acceptors (Lipinski definition) is 4. The standard InChI is InChI=1S/C30H31F4N3O2/c1-15-14-37(23(38)13-20-24(15)26(32)28(34)27(33)25(20)31)30-22(11-16-5-3-4-6-16)35-29-19-9-8-18(39-2)12-17(19)7-10-21(29)36-30/h8-9,12,15-16,26,28H,3-7,10-11,13-14H2,1-2H3. The van der Waals surface area contributed by atoms with Crippen molar-refractivity contribution in [3.05, 3.63) is 58.0 Å². The summed E-state index contributed by atoms with van der Waals surface area (Å²) in [5.41, 5.74) is 3.75. The summed E-state index contributed by atoms with van der Waals surface area (Å²) in [5, 5.41) is 0. The molecule has 1 amide bonds. The van der Waals surface area contributed by atoms with Gasteiger partial charge in [0.2, 0.25) is 5.91 Å². The summed E-state index contributed by atoms with van der Waals surface area (Å²) >= 11 is 0. The van der Waals surface area contributed by atoms with Crippen LogP contribution in [-0.4, -0.2) is 41.9 Å². The molecular formula is C30H31F4N3O2. The molecule has 9 heteroatoms. The third-order valence-corrected chi connectivity index (χ3v) is 8.67. The number of anilines is 1. The van der Waals surface area contributed by atoms with Gasteiger partial charge in [-0.1, -0.05) is 32.6 Å². The van der Waals surface area contributed by atoms with Crippen molar-refractivity contribution < 1.29 is 27.1 Å². The van der Waals surface area contributed by atoms with Crippen LogP contribution in [0.2, 0.25) is 0 Å². The van der Waals surface area contributed by atoms with E-state index in [1.807, 2.05) is 18.2 Å². The number of alkyl halides is 2. The largest absolute Gasteiger partial charge is 0.497 e. The molecule has 0 radical (unpaired) electrons. The minimum atomic E-state index is -2.70. The van der Waals surface area contributed by atoms with E-state index in [4.69, 9.17) is 14.7 Å². The van der Waals surface area contributed by atoms with E-state index in [-0.39, 0.29) is 17.7 Å². The number of carbonyl (C=O) groups is 1. The molecule has 39 heavy (non-hydrogen) atoms. The Morgan fingerprint density at radius 2 is 1.85 bits per heavy atom. The van der Waals surface area contributed by atoms with Gasteiger partial charge in [-0.05, 0) is 60.4 Å². The van der Waals surface area contributed by atoms with E-state index < -0.39 is 42.2 Å². The van der Waals surface area contributed by atoms with E-state index in [1.54, 1.807) is 14.0 Å². The molecule has 1 aliphatic heterocycles. The number of carbonyl (C=O) groups excluding carboxylic acids is 1. The van der Waals surface area contributed by atoms with E-state index in [0.29, 0.717) is 30.3 Å². The number of aryl methyl sites for hydroxylation is 2. The second-order valence-corrected chi connectivity index (χ2v) is 11.1. The molecule has 3 aliphatic carbocycles. The predicted octanol–water partition coefficient (Wildman–Crippen LogP) is 6.49. The first-order chi connectivity index (χ1) is 18.8. The Kier molecular flexibility index (Phi) is 6.71. The van der Waals surface area contributed by atoms with Crippen LogP contribution in [0.5, 0.6) is 5.75 Å². The number of methoxy groups -OCH3 is 1. The summed E-state index contributed by atoms with van der Waals surface area (Å²) in [6, 6.07) is 5.88. The molecule has 6 rings (SSSR count). The van der Waals surface area contributed by atoms with Crippen LogP contribution in [0.1, 0.15) is 56.0 Å². The first-order valence-electron chi connectivity index (χ1n) is 13.7. The average molecular weight is 542 g/mol. The van der Waals surface area contributed by atoms with Crippen molar-refractivity contribution in [1.82, 2.24) is 9.97 Å². The first kappa shape index (κ1) is 26.0. The molecule has 3 atom stereocenters. The smallest absolute Gasteiger partial charge is 0.232 e. The molecule has 1 aromatic carbocycles. The fourth-order valence-electron chi connectivity index (χ4n) is 6.63. The summed E-state index contributed by atoms with van der Waals surface area (Å²) < 4.78 is 63.5. The lowest BCUT2D eigenvalue weighted by Gasteiger charge is -2.29. The number of aromatic nitrogens is 2. The molecule has 1 fully saturated rings. The van der Waals surface area contributed by atoms with Crippen LogP contribution in [0.15, 0.2) is 41.0 Å². The van der Waals surface area contributed by atoms with Gasteiger partial charge in [0.15, 0.2) is 29.8 Å². The van der Waals surface area contributed by atoms with Gasteiger partial charge in [-0.2, -0.15) is 0 Å². The predicted molar refractivity (Wildman–Crippen MR) is 139 cm³/mol. The van der Waals surface area contributed by atoms with Gasteiger partial charge >= 0.3 is 0 Å². The lowest BCUT2D eigenvalue weighted by Crippen LogP contribution is -2.36. The van der Waals surface area contributed by atoms with Crippen LogP contribution in [0.25, 0.3) is 11.3 Å². The zero-order chi connectivity index (χ0) is 27.4. The van der Waals surface area contributed by atoms with Gasteiger partial charge in [0.1, 0.15) is 5.75 Å². The van der Waals surface area contributed by atoms with Crippen LogP contribution >= 0.6 is 0 Å². The maximum atomic E-state index is 15.0. The fraction of sp³-hybridized carbons (Fsp3) is 0.500. The molecule has 0 bridgehead atoms. The first-order valence-corrected chi connectivity index (χ1v) is 13.7. The Labute approximate surface area is 225 Å². The summed E-state index contributed by atoms with van der Waals surface area (Å²) in [6.07, 6.45) is 0.774. The van der Waals surface area contributed by atoms with Crippen molar-refractivity contribution in [2.75, 3.05) is 18.6 Å². The highest BCUT2D eigenvalue weighted by Gasteiger charge is 2.44. The number of amides is 1. The highest BCUT2D eigenvalue weighted by molar-refractivity contribution is 5.96. The van der Waals surface area contributed by atoms with Gasteiger partial charge in [-0.25, -0.2) is 27.5 Å². The van der Waals surface area contributed by atoms with E-state index in [9.17, 15) is 22.4 Å². The van der Waals surface area contributed by atoms with Crippen molar-refractivity contribution in [2.45, 2.75) is 70.6 Å². The number of nitrogens with zero attached hydrogens (tertiary/aromatic N) is 3. The molecule has 1 aromatic heterocycles. The summed E-state index contributed by atoms with van der Waals surface area (Å²) in [5.74, 6) is -2.92. The van der Waals surface area contributed by atoms with Crippen LogP contribution in [-0.2, 0) is 24.1 Å². The maximum Gasteiger partial charge on any atom is 0.232 e. The van der Waals surface area contributed by atoms with Gasteiger partial charge in [-0.3, -0.25) is 9.69 Å². The number of benzene rings is 1. The average Bonchev–Trinajstić information content (AvgIpc) is 3.41. The molecule has 4 aliphatic rings. The Bertz CT molecular complexity index is 1400. The molecule has 2 heterocycles. The lowest BCUT2D eigenvalue weighted by molar-refractivity contribution is -0.118. The van der Waals surface area contributed by atoms with Crippen molar-refractivity contribution >= 4 is 11.7 Å². The second-order valence-electron chi connectivity index (χ2n) is 11.1.